The number of halogens is 1. The summed E-state index contributed by atoms with van der Waals surface area (Å²) in [5.41, 5.74) is 1.62. The molecule has 0 spiro atoms. The smallest absolute Gasteiger partial charge is 0.235 e. The number of rotatable bonds is 6. The molecular formula is C16H16BrN3O2S. The lowest BCUT2D eigenvalue weighted by atomic mass is 10.3. The number of carbonyl (C=O) groups is 2. The van der Waals surface area contributed by atoms with E-state index in [0.717, 1.165) is 15.7 Å². The Morgan fingerprint density at radius 3 is 2.57 bits per heavy atom. The predicted molar refractivity (Wildman–Crippen MR) is 97.7 cm³/mol. The van der Waals surface area contributed by atoms with Crippen molar-refractivity contribution >= 4 is 51.0 Å². The van der Waals surface area contributed by atoms with Crippen LogP contribution in [0, 0.1) is 6.92 Å². The molecule has 1 aromatic heterocycles. The Balaban J connectivity index is 1.73. The number of nitrogens with one attached hydrogen (secondary N) is 2. The number of aromatic nitrogens is 1. The molecule has 2 N–H and O–H groups in total. The molecule has 2 aromatic rings. The molecule has 0 unspecified atom stereocenters. The van der Waals surface area contributed by atoms with Crippen molar-refractivity contribution in [2.24, 2.45) is 0 Å². The quantitative estimate of drug-likeness (QED) is 0.787. The number of anilines is 2. The van der Waals surface area contributed by atoms with E-state index in [2.05, 4.69) is 31.5 Å². The third-order valence-electron chi connectivity index (χ3n) is 2.84. The van der Waals surface area contributed by atoms with Gasteiger partial charge in [-0.2, -0.15) is 0 Å². The second kappa shape index (κ2) is 8.69. The third-order valence-corrected chi connectivity index (χ3v) is 4.27. The third kappa shape index (κ3) is 6.03. The minimum absolute atomic E-state index is 0.144. The topological polar surface area (TPSA) is 71.1 Å². The minimum Gasteiger partial charge on any atom is -0.325 e. The molecule has 0 bridgehead atoms. The second-order valence-electron chi connectivity index (χ2n) is 4.77. The van der Waals surface area contributed by atoms with Crippen molar-refractivity contribution in [3.63, 3.8) is 0 Å². The lowest BCUT2D eigenvalue weighted by Crippen LogP contribution is -2.19. The molecule has 23 heavy (non-hydrogen) atoms. The van der Waals surface area contributed by atoms with Crippen molar-refractivity contribution in [1.29, 1.82) is 0 Å². The number of hydrogen-bond donors (Lipinski definition) is 2. The van der Waals surface area contributed by atoms with Gasteiger partial charge in [0.1, 0.15) is 5.82 Å². The summed E-state index contributed by atoms with van der Waals surface area (Å²) in [7, 11) is 0. The first-order valence-corrected chi connectivity index (χ1v) is 8.84. The molecule has 120 valence electrons. The largest absolute Gasteiger partial charge is 0.325 e. The van der Waals surface area contributed by atoms with Crippen LogP contribution in [0.1, 0.15) is 5.56 Å². The van der Waals surface area contributed by atoms with Crippen molar-refractivity contribution in [3.05, 3.63) is 52.6 Å². The Morgan fingerprint density at radius 2 is 1.87 bits per heavy atom. The van der Waals surface area contributed by atoms with Crippen LogP contribution in [-0.4, -0.2) is 28.3 Å². The summed E-state index contributed by atoms with van der Waals surface area (Å²) in [6.45, 7) is 1.88. The Kier molecular flexibility index (Phi) is 6.61. The van der Waals surface area contributed by atoms with Gasteiger partial charge < -0.3 is 10.6 Å². The summed E-state index contributed by atoms with van der Waals surface area (Å²) in [6, 6.07) is 11.0. The highest BCUT2D eigenvalue weighted by atomic mass is 79.9. The van der Waals surface area contributed by atoms with E-state index in [1.54, 1.807) is 6.20 Å². The van der Waals surface area contributed by atoms with Gasteiger partial charge in [-0.25, -0.2) is 4.98 Å². The molecule has 0 radical (unpaired) electrons. The zero-order valence-corrected chi connectivity index (χ0v) is 14.9. The molecule has 2 amide bonds. The summed E-state index contributed by atoms with van der Waals surface area (Å²) >= 11 is 4.60. The van der Waals surface area contributed by atoms with Gasteiger partial charge in [-0.1, -0.05) is 28.1 Å². The van der Waals surface area contributed by atoms with Crippen LogP contribution in [0.15, 0.2) is 47.1 Å². The standard InChI is InChI=1S/C16H16BrN3O2S/c1-11-4-3-7-18-16(11)20-15(22)10-23-9-14(21)19-13-6-2-5-12(17)8-13/h2-8H,9-10H2,1H3,(H,19,21)(H,18,20,22). The van der Waals surface area contributed by atoms with Gasteiger partial charge in [0.15, 0.2) is 0 Å². The van der Waals surface area contributed by atoms with E-state index in [9.17, 15) is 9.59 Å². The van der Waals surface area contributed by atoms with Gasteiger partial charge in [-0.05, 0) is 36.8 Å². The number of benzene rings is 1. The summed E-state index contributed by atoms with van der Waals surface area (Å²) < 4.78 is 0.896. The van der Waals surface area contributed by atoms with Crippen molar-refractivity contribution < 1.29 is 9.59 Å². The van der Waals surface area contributed by atoms with Crippen LogP contribution in [-0.2, 0) is 9.59 Å². The van der Waals surface area contributed by atoms with Crippen LogP contribution in [0.3, 0.4) is 0 Å². The van der Waals surface area contributed by atoms with Gasteiger partial charge in [0.05, 0.1) is 11.5 Å². The van der Waals surface area contributed by atoms with Crippen LogP contribution in [0.5, 0.6) is 0 Å². The van der Waals surface area contributed by atoms with Crippen LogP contribution in [0.25, 0.3) is 0 Å². The molecule has 5 nitrogen and oxygen atoms in total. The molecule has 1 aromatic carbocycles. The van der Waals surface area contributed by atoms with E-state index < -0.39 is 0 Å². The van der Waals surface area contributed by atoms with Gasteiger partial charge in [0, 0.05) is 16.4 Å². The highest BCUT2D eigenvalue weighted by Gasteiger charge is 2.08. The molecular weight excluding hydrogens is 378 g/mol. The molecule has 0 saturated carbocycles. The zero-order valence-electron chi connectivity index (χ0n) is 12.5. The van der Waals surface area contributed by atoms with Crippen molar-refractivity contribution in [2.75, 3.05) is 22.1 Å². The molecule has 0 atom stereocenters. The number of carbonyl (C=O) groups excluding carboxylic acids is 2. The van der Waals surface area contributed by atoms with Crippen LogP contribution < -0.4 is 10.6 Å². The fourth-order valence-corrected chi connectivity index (χ4v) is 2.80. The van der Waals surface area contributed by atoms with Crippen LogP contribution >= 0.6 is 27.7 Å². The first kappa shape index (κ1) is 17.5. The average molecular weight is 394 g/mol. The van der Waals surface area contributed by atoms with E-state index in [1.807, 2.05) is 43.3 Å². The Labute approximate surface area is 147 Å². The van der Waals surface area contributed by atoms with E-state index in [1.165, 1.54) is 11.8 Å². The number of nitrogens with zero attached hydrogens (tertiary/aromatic N) is 1. The summed E-state index contributed by atoms with van der Waals surface area (Å²) in [6.07, 6.45) is 1.63. The first-order chi connectivity index (χ1) is 11.0. The Morgan fingerprint density at radius 1 is 1.13 bits per heavy atom. The monoisotopic (exact) mass is 393 g/mol. The second-order valence-corrected chi connectivity index (χ2v) is 6.67. The first-order valence-electron chi connectivity index (χ1n) is 6.89. The number of thioether (sulfide) groups is 1. The fraction of sp³-hybridized carbons (Fsp3) is 0.188. The lowest BCUT2D eigenvalue weighted by molar-refractivity contribution is -0.114. The molecule has 0 fully saturated rings. The molecule has 0 aliphatic carbocycles. The highest BCUT2D eigenvalue weighted by Crippen LogP contribution is 2.16. The molecule has 7 heteroatoms. The number of amides is 2. The number of pyridine rings is 1. The Bertz CT molecular complexity index is 709. The maximum Gasteiger partial charge on any atom is 0.235 e. The van der Waals surface area contributed by atoms with Crippen molar-refractivity contribution in [3.8, 4) is 0 Å². The van der Waals surface area contributed by atoms with Gasteiger partial charge in [-0.3, -0.25) is 9.59 Å². The van der Waals surface area contributed by atoms with Crippen LogP contribution in [0.4, 0.5) is 11.5 Å². The van der Waals surface area contributed by atoms with Gasteiger partial charge >= 0.3 is 0 Å². The minimum atomic E-state index is -0.174. The van der Waals surface area contributed by atoms with Crippen LogP contribution in [0.2, 0.25) is 0 Å². The normalized spacial score (nSPS) is 10.2. The fourth-order valence-electron chi connectivity index (χ4n) is 1.78. The van der Waals surface area contributed by atoms with E-state index in [-0.39, 0.29) is 23.3 Å². The molecule has 0 aliphatic rings. The maximum atomic E-state index is 11.8. The summed E-state index contributed by atoms with van der Waals surface area (Å²) in [5, 5.41) is 5.51. The average Bonchev–Trinajstić information content (AvgIpc) is 2.49. The van der Waals surface area contributed by atoms with Gasteiger partial charge in [0.25, 0.3) is 0 Å². The number of aryl methyl sites for hydroxylation is 1. The zero-order chi connectivity index (χ0) is 16.7. The van der Waals surface area contributed by atoms with E-state index >= 15 is 0 Å². The lowest BCUT2D eigenvalue weighted by Gasteiger charge is -2.07. The van der Waals surface area contributed by atoms with E-state index in [0.29, 0.717) is 5.82 Å². The van der Waals surface area contributed by atoms with Gasteiger partial charge in [-0.15, -0.1) is 11.8 Å². The molecule has 0 saturated heterocycles. The van der Waals surface area contributed by atoms with E-state index in [4.69, 9.17) is 0 Å². The maximum absolute atomic E-state index is 11.8. The summed E-state index contributed by atoms with van der Waals surface area (Å²) in [4.78, 5) is 27.8. The van der Waals surface area contributed by atoms with Crippen molar-refractivity contribution in [2.45, 2.75) is 6.92 Å². The highest BCUT2D eigenvalue weighted by molar-refractivity contribution is 9.10. The molecule has 2 rings (SSSR count). The summed E-state index contributed by atoms with van der Waals surface area (Å²) in [5.74, 6) is 0.641. The SMILES string of the molecule is Cc1cccnc1NC(=O)CSCC(=O)Nc1cccc(Br)c1. The predicted octanol–water partition coefficient (Wildman–Crippen LogP) is 3.46. The molecule has 0 aliphatic heterocycles. The van der Waals surface area contributed by atoms with Gasteiger partial charge in [0.2, 0.25) is 11.8 Å². The number of hydrogen-bond acceptors (Lipinski definition) is 4. The Hall–Kier alpha value is -1.86. The van der Waals surface area contributed by atoms with Crippen molar-refractivity contribution in [1.82, 2.24) is 4.98 Å². The molecule has 1 heterocycles.